The van der Waals surface area contributed by atoms with Crippen molar-refractivity contribution in [1.82, 2.24) is 0 Å². The Hall–Kier alpha value is -3.48. The minimum absolute atomic E-state index is 0.0832. The summed E-state index contributed by atoms with van der Waals surface area (Å²) in [7, 11) is 0. The number of ketones is 1. The molecule has 0 aliphatic rings. The Morgan fingerprint density at radius 3 is 2.06 bits per heavy atom. The number of hydrogen-bond donors (Lipinski definition) is 0. The standard InChI is InChI=1S/C27H32O7/c1-5-6-7-8-12-15-22(28)20-16-17-23(32-26(31)27(2,3)4)21(18-20)25(30)34-33-24(29)19-13-10-9-11-14-19/h9-11,13-14,16-18H,5-8,12,15H2,1-4H3. The van der Waals surface area contributed by atoms with Gasteiger partial charge in [0.25, 0.3) is 0 Å². The number of benzene rings is 2. The zero-order valence-electron chi connectivity index (χ0n) is 20.2. The van der Waals surface area contributed by atoms with Crippen LogP contribution in [0.25, 0.3) is 0 Å². The van der Waals surface area contributed by atoms with Gasteiger partial charge >= 0.3 is 17.9 Å². The van der Waals surface area contributed by atoms with Crippen molar-refractivity contribution in [1.29, 1.82) is 0 Å². The van der Waals surface area contributed by atoms with Gasteiger partial charge in [-0.2, -0.15) is 0 Å². The van der Waals surface area contributed by atoms with Crippen LogP contribution in [0.4, 0.5) is 0 Å². The number of Topliss-reactive ketones (excluding diaryl/α,β-unsaturated/α-hetero) is 1. The highest BCUT2D eigenvalue weighted by atomic mass is 17.2. The van der Waals surface area contributed by atoms with Crippen molar-refractivity contribution in [2.45, 2.75) is 66.2 Å². The van der Waals surface area contributed by atoms with Crippen molar-refractivity contribution < 1.29 is 33.7 Å². The van der Waals surface area contributed by atoms with Gasteiger partial charge in [-0.15, -0.1) is 0 Å². The Kier molecular flexibility index (Phi) is 9.98. The van der Waals surface area contributed by atoms with Gasteiger partial charge in [-0.1, -0.05) is 50.8 Å². The highest BCUT2D eigenvalue weighted by Crippen LogP contribution is 2.26. The topological polar surface area (TPSA) is 96.0 Å². The summed E-state index contributed by atoms with van der Waals surface area (Å²) in [4.78, 5) is 59.3. The third-order valence-electron chi connectivity index (χ3n) is 5.05. The van der Waals surface area contributed by atoms with E-state index in [1.54, 1.807) is 39.0 Å². The predicted octanol–water partition coefficient (Wildman–Crippen LogP) is 6.11. The van der Waals surface area contributed by atoms with Crippen molar-refractivity contribution in [3.8, 4) is 5.75 Å². The van der Waals surface area contributed by atoms with Gasteiger partial charge in [0.1, 0.15) is 11.3 Å². The predicted molar refractivity (Wildman–Crippen MR) is 127 cm³/mol. The molecule has 0 aliphatic heterocycles. The highest BCUT2D eigenvalue weighted by Gasteiger charge is 2.27. The molecule has 0 saturated carbocycles. The van der Waals surface area contributed by atoms with Gasteiger partial charge < -0.3 is 4.74 Å². The minimum Gasteiger partial charge on any atom is -0.425 e. The molecule has 2 rings (SSSR count). The normalized spacial score (nSPS) is 10.9. The second-order valence-electron chi connectivity index (χ2n) is 9.05. The van der Waals surface area contributed by atoms with Crippen LogP contribution in [0.2, 0.25) is 0 Å². The number of unbranched alkanes of at least 4 members (excludes halogenated alkanes) is 4. The Balaban J connectivity index is 2.19. The molecule has 0 N–H and O–H groups in total. The zero-order valence-corrected chi connectivity index (χ0v) is 20.2. The molecule has 0 radical (unpaired) electrons. The van der Waals surface area contributed by atoms with Gasteiger partial charge in [0, 0.05) is 12.0 Å². The first-order valence-corrected chi connectivity index (χ1v) is 11.5. The van der Waals surface area contributed by atoms with Crippen molar-refractivity contribution in [3.63, 3.8) is 0 Å². The molecular weight excluding hydrogens is 436 g/mol. The van der Waals surface area contributed by atoms with E-state index in [2.05, 4.69) is 11.8 Å². The SMILES string of the molecule is CCCCCCCC(=O)c1ccc(OC(=O)C(C)(C)C)c(C(=O)OOC(=O)c2ccccc2)c1. The van der Waals surface area contributed by atoms with Gasteiger partial charge in [-0.25, -0.2) is 19.4 Å². The van der Waals surface area contributed by atoms with E-state index in [0.29, 0.717) is 6.42 Å². The van der Waals surface area contributed by atoms with Crippen LogP contribution in [0.3, 0.4) is 0 Å². The lowest BCUT2D eigenvalue weighted by Gasteiger charge is -2.18. The fourth-order valence-electron chi connectivity index (χ4n) is 2.98. The Morgan fingerprint density at radius 2 is 1.41 bits per heavy atom. The molecule has 0 aliphatic carbocycles. The molecule has 34 heavy (non-hydrogen) atoms. The van der Waals surface area contributed by atoms with Crippen molar-refractivity contribution in [2.75, 3.05) is 0 Å². The van der Waals surface area contributed by atoms with Crippen molar-refractivity contribution in [2.24, 2.45) is 5.41 Å². The molecule has 182 valence electrons. The molecular formula is C27H32O7. The monoisotopic (exact) mass is 468 g/mol. The molecule has 0 spiro atoms. The number of carbonyl (C=O) groups is 4. The molecule has 0 saturated heterocycles. The lowest BCUT2D eigenvalue weighted by Crippen LogP contribution is -2.26. The third kappa shape index (κ3) is 8.14. The largest absolute Gasteiger partial charge is 0.425 e. The van der Waals surface area contributed by atoms with Crippen LogP contribution in [0, 0.1) is 5.41 Å². The molecule has 0 bridgehead atoms. The first kappa shape index (κ1) is 26.8. The van der Waals surface area contributed by atoms with Crippen molar-refractivity contribution in [3.05, 3.63) is 65.2 Å². The van der Waals surface area contributed by atoms with E-state index < -0.39 is 23.3 Å². The minimum atomic E-state index is -1.06. The maximum atomic E-state index is 12.7. The van der Waals surface area contributed by atoms with Gasteiger partial charge in [0.05, 0.1) is 11.0 Å². The van der Waals surface area contributed by atoms with Gasteiger partial charge in [0.15, 0.2) is 5.78 Å². The Morgan fingerprint density at radius 1 is 0.765 bits per heavy atom. The van der Waals surface area contributed by atoms with E-state index in [-0.39, 0.29) is 28.2 Å². The number of carbonyl (C=O) groups excluding carboxylic acids is 4. The first-order chi connectivity index (χ1) is 16.1. The summed E-state index contributed by atoms with van der Waals surface area (Å²) in [5.41, 5.74) is -0.530. The molecule has 7 nitrogen and oxygen atoms in total. The van der Waals surface area contributed by atoms with Crippen LogP contribution in [-0.2, 0) is 14.6 Å². The Labute approximate surface area is 200 Å². The maximum Gasteiger partial charge on any atom is 0.390 e. The average Bonchev–Trinajstić information content (AvgIpc) is 2.82. The van der Waals surface area contributed by atoms with Crippen LogP contribution in [-0.4, -0.2) is 23.7 Å². The molecule has 0 aromatic heterocycles. The average molecular weight is 469 g/mol. The number of ether oxygens (including phenoxy) is 1. The third-order valence-corrected chi connectivity index (χ3v) is 5.05. The van der Waals surface area contributed by atoms with Crippen LogP contribution in [0.15, 0.2) is 48.5 Å². The second-order valence-corrected chi connectivity index (χ2v) is 9.05. The highest BCUT2D eigenvalue weighted by molar-refractivity contribution is 6.01. The second kappa shape index (κ2) is 12.7. The molecule has 0 fully saturated rings. The quantitative estimate of drug-likeness (QED) is 0.104. The Bertz CT molecular complexity index is 1000. The summed E-state index contributed by atoms with van der Waals surface area (Å²) in [6, 6.07) is 12.2. The van der Waals surface area contributed by atoms with Crippen LogP contribution < -0.4 is 4.74 Å². The summed E-state index contributed by atoms with van der Waals surface area (Å²) >= 11 is 0. The van der Waals surface area contributed by atoms with Gasteiger partial charge in [-0.05, 0) is 57.5 Å². The number of rotatable bonds is 10. The van der Waals surface area contributed by atoms with Gasteiger partial charge in [0.2, 0.25) is 0 Å². The molecule has 7 heteroatoms. The molecule has 0 amide bonds. The molecule has 0 atom stereocenters. The molecule has 0 heterocycles. The summed E-state index contributed by atoms with van der Waals surface area (Å²) in [5.74, 6) is -2.71. The molecule has 2 aromatic rings. The first-order valence-electron chi connectivity index (χ1n) is 11.5. The van der Waals surface area contributed by atoms with Crippen LogP contribution >= 0.6 is 0 Å². The zero-order chi connectivity index (χ0) is 25.1. The molecule has 2 aromatic carbocycles. The lowest BCUT2D eigenvalue weighted by atomic mass is 9.97. The molecule has 0 unspecified atom stereocenters. The maximum absolute atomic E-state index is 12.7. The summed E-state index contributed by atoms with van der Waals surface area (Å²) < 4.78 is 5.39. The summed E-state index contributed by atoms with van der Waals surface area (Å²) in [6.07, 6.45) is 5.33. The van der Waals surface area contributed by atoms with Gasteiger partial charge in [-0.3, -0.25) is 9.59 Å². The van der Waals surface area contributed by atoms with E-state index in [1.807, 2.05) is 0 Å². The smallest absolute Gasteiger partial charge is 0.390 e. The van der Waals surface area contributed by atoms with Crippen LogP contribution in [0.1, 0.15) is 97.3 Å². The van der Waals surface area contributed by atoms with E-state index in [9.17, 15) is 19.2 Å². The summed E-state index contributed by atoms with van der Waals surface area (Å²) in [5, 5.41) is 0. The van der Waals surface area contributed by atoms with E-state index in [0.717, 1.165) is 32.1 Å². The van der Waals surface area contributed by atoms with E-state index >= 15 is 0 Å². The fourth-order valence-corrected chi connectivity index (χ4v) is 2.98. The van der Waals surface area contributed by atoms with E-state index in [4.69, 9.17) is 9.62 Å². The summed E-state index contributed by atoms with van der Waals surface area (Å²) in [6.45, 7) is 7.14. The number of esters is 1. The van der Waals surface area contributed by atoms with Crippen LogP contribution in [0.5, 0.6) is 5.75 Å². The van der Waals surface area contributed by atoms with Crippen molar-refractivity contribution >= 4 is 23.7 Å². The lowest BCUT2D eigenvalue weighted by molar-refractivity contribution is -0.187. The fraction of sp³-hybridized carbons (Fsp3) is 0.407. The number of hydrogen-bond acceptors (Lipinski definition) is 7. The van der Waals surface area contributed by atoms with E-state index in [1.165, 1.54) is 30.3 Å².